The van der Waals surface area contributed by atoms with Crippen LogP contribution in [0, 0.1) is 11.6 Å². The molecule has 4 nitrogen and oxygen atoms in total. The Kier molecular flexibility index (Phi) is 4.21. The molecular weight excluding hydrogens is 322 g/mol. The van der Waals surface area contributed by atoms with Crippen molar-refractivity contribution in [1.29, 1.82) is 0 Å². The molecule has 122 valence electrons. The van der Waals surface area contributed by atoms with E-state index in [0.29, 0.717) is 0 Å². The molecule has 0 amide bonds. The molecule has 0 aliphatic carbocycles. The van der Waals surface area contributed by atoms with Gasteiger partial charge in [-0.2, -0.15) is 0 Å². The highest BCUT2D eigenvalue weighted by Crippen LogP contribution is 2.27. The first kappa shape index (κ1) is 15.7. The van der Waals surface area contributed by atoms with Crippen molar-refractivity contribution >= 4 is 21.4 Å². The number of rotatable bonds is 4. The molecular formula is C16H16F2N2O2S. The molecule has 2 aromatic rings. The molecule has 0 aromatic heterocycles. The number of halogens is 2. The van der Waals surface area contributed by atoms with E-state index in [2.05, 4.69) is 9.62 Å². The highest BCUT2D eigenvalue weighted by molar-refractivity contribution is 7.92. The largest absolute Gasteiger partial charge is 0.371 e. The van der Waals surface area contributed by atoms with E-state index in [9.17, 15) is 17.2 Å². The summed E-state index contributed by atoms with van der Waals surface area (Å²) in [7, 11) is -3.97. The molecule has 0 bridgehead atoms. The highest BCUT2D eigenvalue weighted by Gasteiger charge is 2.19. The molecule has 0 saturated carbocycles. The third kappa shape index (κ3) is 3.44. The number of benzene rings is 2. The fourth-order valence-corrected chi connectivity index (χ4v) is 3.64. The van der Waals surface area contributed by atoms with Crippen LogP contribution < -0.4 is 9.62 Å². The fraction of sp³-hybridized carbons (Fsp3) is 0.250. The second-order valence-corrected chi connectivity index (χ2v) is 7.10. The Morgan fingerprint density at radius 2 is 1.61 bits per heavy atom. The molecule has 0 spiro atoms. The minimum absolute atomic E-state index is 0.112. The van der Waals surface area contributed by atoms with E-state index < -0.39 is 21.7 Å². The van der Waals surface area contributed by atoms with Crippen LogP contribution in [0.5, 0.6) is 0 Å². The maximum Gasteiger partial charge on any atom is 0.261 e. The number of hydrogen-bond donors (Lipinski definition) is 1. The summed E-state index contributed by atoms with van der Waals surface area (Å²) in [5.74, 6) is -1.19. The van der Waals surface area contributed by atoms with E-state index in [1.54, 1.807) is 6.07 Å². The van der Waals surface area contributed by atoms with Gasteiger partial charge in [-0.05, 0) is 55.3 Å². The van der Waals surface area contributed by atoms with Gasteiger partial charge in [-0.25, -0.2) is 17.2 Å². The predicted molar refractivity (Wildman–Crippen MR) is 85.1 cm³/mol. The van der Waals surface area contributed by atoms with Gasteiger partial charge in [0.1, 0.15) is 11.6 Å². The molecule has 0 unspecified atom stereocenters. The third-order valence-electron chi connectivity index (χ3n) is 3.79. The van der Waals surface area contributed by atoms with Crippen molar-refractivity contribution in [3.05, 3.63) is 54.1 Å². The van der Waals surface area contributed by atoms with Crippen LogP contribution in [0.1, 0.15) is 12.8 Å². The third-order valence-corrected chi connectivity index (χ3v) is 5.17. The topological polar surface area (TPSA) is 49.4 Å². The molecule has 2 aromatic carbocycles. The zero-order valence-electron chi connectivity index (χ0n) is 12.3. The molecule has 7 heteroatoms. The Morgan fingerprint density at radius 1 is 0.957 bits per heavy atom. The highest BCUT2D eigenvalue weighted by atomic mass is 32.2. The van der Waals surface area contributed by atoms with Gasteiger partial charge in [0, 0.05) is 18.8 Å². The number of nitrogens with one attached hydrogen (secondary N) is 1. The summed E-state index contributed by atoms with van der Waals surface area (Å²) in [6.45, 7) is 1.74. The molecule has 0 radical (unpaired) electrons. The van der Waals surface area contributed by atoms with E-state index in [1.807, 2.05) is 0 Å². The van der Waals surface area contributed by atoms with Crippen LogP contribution in [-0.4, -0.2) is 21.5 Å². The second-order valence-electron chi connectivity index (χ2n) is 5.42. The predicted octanol–water partition coefficient (Wildman–Crippen LogP) is 3.37. The molecule has 1 heterocycles. The SMILES string of the molecule is O=S(=O)(Nc1cc(N2CCCC2)ccc1F)c1ccc(F)cc1. The first-order chi connectivity index (χ1) is 11.0. The van der Waals surface area contributed by atoms with Crippen LogP contribution >= 0.6 is 0 Å². The van der Waals surface area contributed by atoms with Crippen LogP contribution in [0.15, 0.2) is 47.4 Å². The Balaban J connectivity index is 1.89. The fourth-order valence-electron chi connectivity index (χ4n) is 2.58. The Bertz CT molecular complexity index is 801. The normalized spacial score (nSPS) is 15.0. The van der Waals surface area contributed by atoms with E-state index in [1.165, 1.54) is 12.1 Å². The van der Waals surface area contributed by atoms with Crippen LogP contribution in [0.4, 0.5) is 20.2 Å². The zero-order chi connectivity index (χ0) is 16.4. The molecule has 1 aliphatic heterocycles. The average Bonchev–Trinajstić information content (AvgIpc) is 3.04. The van der Waals surface area contributed by atoms with Crippen molar-refractivity contribution in [1.82, 2.24) is 0 Å². The van der Waals surface area contributed by atoms with Crippen LogP contribution in [0.25, 0.3) is 0 Å². The van der Waals surface area contributed by atoms with Crippen molar-refractivity contribution in [2.45, 2.75) is 17.7 Å². The van der Waals surface area contributed by atoms with Gasteiger partial charge in [-0.1, -0.05) is 0 Å². The molecule has 0 atom stereocenters. The molecule has 23 heavy (non-hydrogen) atoms. The van der Waals surface area contributed by atoms with Gasteiger partial charge >= 0.3 is 0 Å². The van der Waals surface area contributed by atoms with Crippen molar-refractivity contribution in [3.63, 3.8) is 0 Å². The lowest BCUT2D eigenvalue weighted by atomic mass is 10.2. The second kappa shape index (κ2) is 6.16. The number of sulfonamides is 1. The lowest BCUT2D eigenvalue weighted by Gasteiger charge is -2.19. The summed E-state index contributed by atoms with van der Waals surface area (Å²) in [5, 5.41) is 0. The number of anilines is 2. The van der Waals surface area contributed by atoms with Crippen LogP contribution in [-0.2, 0) is 10.0 Å². The first-order valence-electron chi connectivity index (χ1n) is 7.29. The van der Waals surface area contributed by atoms with Gasteiger partial charge in [-0.15, -0.1) is 0 Å². The monoisotopic (exact) mass is 338 g/mol. The smallest absolute Gasteiger partial charge is 0.261 e. The summed E-state index contributed by atoms with van der Waals surface area (Å²) in [5.41, 5.74) is 0.666. The molecule has 1 N–H and O–H groups in total. The number of hydrogen-bond acceptors (Lipinski definition) is 3. The zero-order valence-corrected chi connectivity index (χ0v) is 13.1. The van der Waals surface area contributed by atoms with E-state index in [-0.39, 0.29) is 10.6 Å². The van der Waals surface area contributed by atoms with Gasteiger partial charge in [0.2, 0.25) is 0 Å². The van der Waals surface area contributed by atoms with E-state index in [0.717, 1.165) is 55.9 Å². The van der Waals surface area contributed by atoms with Gasteiger partial charge in [0.05, 0.1) is 10.6 Å². The maximum absolute atomic E-state index is 14.0. The standard InChI is InChI=1S/C16H16F2N2O2S/c17-12-3-6-14(7-4-12)23(21,22)19-16-11-13(5-8-15(16)18)20-9-1-2-10-20/h3-8,11,19H,1-2,9-10H2. The van der Waals surface area contributed by atoms with E-state index in [4.69, 9.17) is 0 Å². The maximum atomic E-state index is 14.0. The van der Waals surface area contributed by atoms with Crippen LogP contribution in [0.2, 0.25) is 0 Å². The Labute approximate surface area is 133 Å². The van der Waals surface area contributed by atoms with Crippen molar-refractivity contribution < 1.29 is 17.2 Å². The van der Waals surface area contributed by atoms with Crippen molar-refractivity contribution in [3.8, 4) is 0 Å². The Morgan fingerprint density at radius 3 is 2.26 bits per heavy atom. The van der Waals surface area contributed by atoms with Crippen LogP contribution in [0.3, 0.4) is 0 Å². The van der Waals surface area contributed by atoms with E-state index >= 15 is 0 Å². The van der Waals surface area contributed by atoms with Gasteiger partial charge in [0.15, 0.2) is 0 Å². The summed E-state index contributed by atoms with van der Waals surface area (Å²) >= 11 is 0. The summed E-state index contributed by atoms with van der Waals surface area (Å²) < 4.78 is 53.7. The van der Waals surface area contributed by atoms with Crippen molar-refractivity contribution in [2.75, 3.05) is 22.7 Å². The quantitative estimate of drug-likeness (QED) is 0.930. The first-order valence-corrected chi connectivity index (χ1v) is 8.77. The average molecular weight is 338 g/mol. The van der Waals surface area contributed by atoms with Gasteiger partial charge in [-0.3, -0.25) is 4.72 Å². The molecule has 1 fully saturated rings. The van der Waals surface area contributed by atoms with Gasteiger partial charge < -0.3 is 4.90 Å². The lowest BCUT2D eigenvalue weighted by molar-refractivity contribution is 0.597. The van der Waals surface area contributed by atoms with Crippen molar-refractivity contribution in [2.24, 2.45) is 0 Å². The molecule has 1 saturated heterocycles. The Hall–Kier alpha value is -2.15. The van der Waals surface area contributed by atoms with Gasteiger partial charge in [0.25, 0.3) is 10.0 Å². The minimum Gasteiger partial charge on any atom is -0.371 e. The summed E-state index contributed by atoms with van der Waals surface area (Å²) in [6, 6.07) is 8.74. The molecule has 3 rings (SSSR count). The minimum atomic E-state index is -3.97. The summed E-state index contributed by atoms with van der Waals surface area (Å²) in [4.78, 5) is 1.96. The number of nitrogens with zero attached hydrogens (tertiary/aromatic N) is 1. The lowest BCUT2D eigenvalue weighted by Crippen LogP contribution is -2.19. The summed E-state index contributed by atoms with van der Waals surface area (Å²) in [6.07, 6.45) is 2.13. The molecule has 1 aliphatic rings.